The van der Waals surface area contributed by atoms with Crippen LogP contribution in [0.4, 0.5) is 4.79 Å². The van der Waals surface area contributed by atoms with E-state index in [4.69, 9.17) is 0 Å². The Morgan fingerprint density at radius 2 is 1.89 bits per heavy atom. The van der Waals surface area contributed by atoms with Gasteiger partial charge < -0.3 is 4.74 Å². The Morgan fingerprint density at radius 1 is 1.21 bits per heavy atom. The van der Waals surface area contributed by atoms with E-state index >= 15 is 0 Å². The predicted octanol–water partition coefficient (Wildman–Crippen LogP) is 1.11. The molecule has 0 unspecified atom stereocenters. The predicted molar refractivity (Wildman–Crippen MR) is 68.9 cm³/mol. The van der Waals surface area contributed by atoms with Gasteiger partial charge in [0.15, 0.2) is 0 Å². The quantitative estimate of drug-likeness (QED) is 0.814. The molecule has 104 valence electrons. The van der Waals surface area contributed by atoms with Crippen molar-refractivity contribution in [2.24, 2.45) is 0 Å². The van der Waals surface area contributed by atoms with Crippen LogP contribution in [0.25, 0.3) is 0 Å². The lowest BCUT2D eigenvalue weighted by molar-refractivity contribution is 0.169. The monoisotopic (exact) mass is 284 g/mol. The number of sulfonamides is 1. The van der Waals surface area contributed by atoms with E-state index in [1.807, 2.05) is 16.3 Å². The molecule has 7 heteroatoms. The number of aryl methyl sites for hydroxylation is 2. The van der Waals surface area contributed by atoms with Crippen LogP contribution in [-0.4, -0.2) is 21.6 Å². The summed E-state index contributed by atoms with van der Waals surface area (Å²) in [5.41, 5.74) is 4.21. The van der Waals surface area contributed by atoms with Gasteiger partial charge in [0, 0.05) is 0 Å². The van der Waals surface area contributed by atoms with Gasteiger partial charge in [-0.2, -0.15) is 0 Å². The van der Waals surface area contributed by atoms with Crippen LogP contribution in [0.3, 0.4) is 0 Å². The Labute approximate surface area is 112 Å². The topological polar surface area (TPSA) is 84.5 Å². The molecule has 0 aromatic heterocycles. The van der Waals surface area contributed by atoms with Gasteiger partial charge in [0.2, 0.25) is 0 Å². The van der Waals surface area contributed by atoms with Crippen molar-refractivity contribution in [1.82, 2.24) is 10.3 Å². The van der Waals surface area contributed by atoms with Crippen LogP contribution in [0.15, 0.2) is 23.1 Å². The van der Waals surface area contributed by atoms with Gasteiger partial charge in [-0.15, -0.1) is 4.83 Å². The molecule has 0 atom stereocenters. The van der Waals surface area contributed by atoms with Crippen molar-refractivity contribution >= 4 is 16.1 Å². The van der Waals surface area contributed by atoms with Gasteiger partial charge in [0.05, 0.1) is 12.0 Å². The minimum atomic E-state index is -3.76. The summed E-state index contributed by atoms with van der Waals surface area (Å²) in [6.07, 6.45) is 3.24. The Kier molecular flexibility index (Phi) is 4.06. The molecule has 1 amide bonds. The third-order valence-corrected chi connectivity index (χ3v) is 4.35. The maximum atomic E-state index is 12.0. The lowest BCUT2D eigenvalue weighted by Crippen LogP contribution is -2.41. The number of methoxy groups -OCH3 is 1. The maximum absolute atomic E-state index is 12.0. The number of hydrazine groups is 1. The lowest BCUT2D eigenvalue weighted by Gasteiger charge is -2.16. The van der Waals surface area contributed by atoms with E-state index in [2.05, 4.69) is 4.74 Å². The second-order valence-corrected chi connectivity index (χ2v) is 6.04. The Bertz CT molecular complexity index is 583. The summed E-state index contributed by atoms with van der Waals surface area (Å²) in [5, 5.41) is 0. The summed E-state index contributed by atoms with van der Waals surface area (Å²) in [5.74, 6) is 0. The van der Waals surface area contributed by atoms with E-state index in [-0.39, 0.29) is 4.90 Å². The van der Waals surface area contributed by atoms with Crippen molar-refractivity contribution in [3.05, 3.63) is 29.3 Å². The minimum absolute atomic E-state index is 0.143. The van der Waals surface area contributed by atoms with Crippen LogP contribution >= 0.6 is 0 Å². The molecule has 1 aromatic rings. The van der Waals surface area contributed by atoms with Crippen LogP contribution in [0.2, 0.25) is 0 Å². The molecular formula is C12H16N2O4S. The first kappa shape index (κ1) is 13.8. The Morgan fingerprint density at radius 3 is 2.58 bits per heavy atom. The number of hydrogen-bond acceptors (Lipinski definition) is 4. The molecule has 0 bridgehead atoms. The van der Waals surface area contributed by atoms with Gasteiger partial charge in [-0.3, -0.25) is 0 Å². The molecular weight excluding hydrogens is 268 g/mol. The van der Waals surface area contributed by atoms with Crippen molar-refractivity contribution in [3.63, 3.8) is 0 Å². The van der Waals surface area contributed by atoms with Crippen molar-refractivity contribution in [1.29, 1.82) is 0 Å². The summed E-state index contributed by atoms with van der Waals surface area (Å²) in [7, 11) is -2.61. The minimum Gasteiger partial charge on any atom is -0.452 e. The Balaban J connectivity index is 2.18. The van der Waals surface area contributed by atoms with Gasteiger partial charge in [-0.1, -0.05) is 6.07 Å². The van der Waals surface area contributed by atoms with E-state index in [1.54, 1.807) is 12.1 Å². The van der Waals surface area contributed by atoms with Crippen molar-refractivity contribution < 1.29 is 17.9 Å². The number of amides is 1. The van der Waals surface area contributed by atoms with E-state index < -0.39 is 16.1 Å². The number of fused-ring (bicyclic) bond motifs is 1. The highest BCUT2D eigenvalue weighted by Crippen LogP contribution is 2.23. The molecule has 1 aliphatic carbocycles. The van der Waals surface area contributed by atoms with E-state index in [9.17, 15) is 13.2 Å². The fraction of sp³-hybridized carbons (Fsp3) is 0.417. The third-order valence-electron chi connectivity index (χ3n) is 3.10. The van der Waals surface area contributed by atoms with Gasteiger partial charge in [-0.25, -0.2) is 18.6 Å². The highest BCUT2D eigenvalue weighted by atomic mass is 32.2. The van der Waals surface area contributed by atoms with E-state index in [0.717, 1.165) is 38.4 Å². The molecule has 0 fully saturated rings. The van der Waals surface area contributed by atoms with Crippen molar-refractivity contribution in [2.75, 3.05) is 7.11 Å². The lowest BCUT2D eigenvalue weighted by atomic mass is 9.92. The molecule has 6 nitrogen and oxygen atoms in total. The van der Waals surface area contributed by atoms with Gasteiger partial charge in [0.1, 0.15) is 0 Å². The van der Waals surface area contributed by atoms with Gasteiger partial charge in [-0.05, 0) is 48.9 Å². The standard InChI is InChI=1S/C12H16N2O4S/c1-18-12(15)13-14-19(16,17)11-7-6-9-4-2-3-5-10(9)8-11/h6-8,14H,2-5H2,1H3,(H,13,15). The highest BCUT2D eigenvalue weighted by molar-refractivity contribution is 7.89. The molecule has 0 saturated heterocycles. The third kappa shape index (κ3) is 3.24. The first-order chi connectivity index (χ1) is 9.03. The number of benzene rings is 1. The average Bonchev–Trinajstić information content (AvgIpc) is 2.44. The molecule has 0 radical (unpaired) electrons. The molecule has 19 heavy (non-hydrogen) atoms. The SMILES string of the molecule is COC(=O)NNS(=O)(=O)c1ccc2c(c1)CCCC2. The molecule has 0 aliphatic heterocycles. The molecule has 0 saturated carbocycles. The summed E-state index contributed by atoms with van der Waals surface area (Å²) >= 11 is 0. The van der Waals surface area contributed by atoms with E-state index in [0.29, 0.717) is 0 Å². The normalized spacial score (nSPS) is 14.6. The zero-order valence-electron chi connectivity index (χ0n) is 10.6. The zero-order valence-corrected chi connectivity index (χ0v) is 11.4. The molecule has 2 rings (SSSR count). The number of carbonyl (C=O) groups is 1. The van der Waals surface area contributed by atoms with E-state index in [1.165, 1.54) is 5.56 Å². The number of carbonyl (C=O) groups excluding carboxylic acids is 1. The van der Waals surface area contributed by atoms with Gasteiger partial charge in [0.25, 0.3) is 10.0 Å². The molecule has 1 aliphatic rings. The number of nitrogens with one attached hydrogen (secondary N) is 2. The summed E-state index contributed by atoms with van der Waals surface area (Å²) < 4.78 is 28.2. The number of rotatable bonds is 3. The van der Waals surface area contributed by atoms with Crippen LogP contribution in [0.5, 0.6) is 0 Å². The van der Waals surface area contributed by atoms with Crippen LogP contribution in [0.1, 0.15) is 24.0 Å². The van der Waals surface area contributed by atoms with Crippen LogP contribution in [0, 0.1) is 0 Å². The molecule has 0 spiro atoms. The van der Waals surface area contributed by atoms with Crippen molar-refractivity contribution in [2.45, 2.75) is 30.6 Å². The molecule has 0 heterocycles. The maximum Gasteiger partial charge on any atom is 0.422 e. The van der Waals surface area contributed by atoms with Crippen molar-refractivity contribution in [3.8, 4) is 0 Å². The van der Waals surface area contributed by atoms with Crippen LogP contribution in [-0.2, 0) is 27.6 Å². The number of ether oxygens (including phenoxy) is 1. The molecule has 2 N–H and O–H groups in total. The first-order valence-electron chi connectivity index (χ1n) is 6.00. The first-order valence-corrected chi connectivity index (χ1v) is 7.49. The Hall–Kier alpha value is -1.60. The summed E-state index contributed by atoms with van der Waals surface area (Å²) in [4.78, 5) is 13.0. The van der Waals surface area contributed by atoms with Crippen LogP contribution < -0.4 is 10.3 Å². The fourth-order valence-corrected chi connectivity index (χ4v) is 2.98. The summed E-state index contributed by atoms with van der Waals surface area (Å²) in [6, 6.07) is 5.04. The second-order valence-electron chi connectivity index (χ2n) is 4.36. The largest absolute Gasteiger partial charge is 0.452 e. The molecule has 1 aromatic carbocycles. The second kappa shape index (κ2) is 5.58. The highest BCUT2D eigenvalue weighted by Gasteiger charge is 2.18. The zero-order chi connectivity index (χ0) is 13.9. The fourth-order valence-electron chi connectivity index (χ4n) is 2.10. The average molecular weight is 284 g/mol. The number of hydrogen-bond donors (Lipinski definition) is 2. The smallest absolute Gasteiger partial charge is 0.422 e. The summed E-state index contributed by atoms with van der Waals surface area (Å²) in [6.45, 7) is 0. The van der Waals surface area contributed by atoms with Gasteiger partial charge >= 0.3 is 6.09 Å².